The van der Waals surface area contributed by atoms with E-state index in [-0.39, 0.29) is 0 Å². The Morgan fingerprint density at radius 2 is 2.19 bits per heavy atom. The van der Waals surface area contributed by atoms with Gasteiger partial charge in [-0.3, -0.25) is 0 Å². The van der Waals surface area contributed by atoms with E-state index in [4.69, 9.17) is 27.9 Å². The fraction of sp³-hybridized carbons (Fsp3) is 0.600. The van der Waals surface area contributed by atoms with Gasteiger partial charge in [0.25, 0.3) is 0 Å². The maximum Gasteiger partial charge on any atom is 0.174 e. The molecule has 1 aromatic heterocycles. The van der Waals surface area contributed by atoms with E-state index < -0.39 is 0 Å². The lowest BCUT2D eigenvalue weighted by Gasteiger charge is -2.36. The van der Waals surface area contributed by atoms with Gasteiger partial charge in [0, 0.05) is 18.7 Å². The molecule has 0 saturated heterocycles. The first-order valence-corrected chi connectivity index (χ1v) is 6.01. The van der Waals surface area contributed by atoms with Crippen molar-refractivity contribution in [3.63, 3.8) is 0 Å². The predicted octanol–water partition coefficient (Wildman–Crippen LogP) is 2.76. The normalized spacial score (nSPS) is 23.9. The van der Waals surface area contributed by atoms with Crippen LogP contribution in [-0.2, 0) is 4.74 Å². The standard InChI is InChI=1S/C10H13Cl2N3O/c1-2-16-7-3-6(4-7)13-8-5-9(11)14-15-10(8)12/h5-7H,2-4H2,1H3,(H,13,14). The van der Waals surface area contributed by atoms with Crippen LogP contribution in [0.2, 0.25) is 10.3 Å². The van der Waals surface area contributed by atoms with Gasteiger partial charge in [-0.05, 0) is 19.8 Å². The Bertz CT molecular complexity index is 369. The molecule has 88 valence electrons. The van der Waals surface area contributed by atoms with E-state index in [2.05, 4.69) is 15.5 Å². The number of halogens is 2. The van der Waals surface area contributed by atoms with E-state index in [1.165, 1.54) is 0 Å². The Morgan fingerprint density at radius 1 is 1.44 bits per heavy atom. The van der Waals surface area contributed by atoms with Crippen LogP contribution < -0.4 is 5.32 Å². The van der Waals surface area contributed by atoms with Gasteiger partial charge in [-0.2, -0.15) is 0 Å². The fourth-order valence-corrected chi connectivity index (χ4v) is 2.02. The average Bonchev–Trinajstić information content (AvgIpc) is 2.20. The number of ether oxygens (including phenoxy) is 1. The molecular weight excluding hydrogens is 249 g/mol. The number of nitrogens with zero attached hydrogens (tertiary/aromatic N) is 2. The van der Waals surface area contributed by atoms with E-state index in [9.17, 15) is 0 Å². The molecular formula is C10H13Cl2N3O. The van der Waals surface area contributed by atoms with E-state index >= 15 is 0 Å². The monoisotopic (exact) mass is 261 g/mol. The molecule has 0 atom stereocenters. The van der Waals surface area contributed by atoms with Crippen LogP contribution in [0, 0.1) is 0 Å². The van der Waals surface area contributed by atoms with Crippen LogP contribution in [0.4, 0.5) is 5.69 Å². The van der Waals surface area contributed by atoms with Gasteiger partial charge in [0.15, 0.2) is 10.3 Å². The smallest absolute Gasteiger partial charge is 0.174 e. The van der Waals surface area contributed by atoms with Crippen molar-refractivity contribution in [2.24, 2.45) is 0 Å². The first kappa shape index (κ1) is 11.9. The molecule has 0 aliphatic heterocycles. The van der Waals surface area contributed by atoms with Crippen LogP contribution in [0.1, 0.15) is 19.8 Å². The fourth-order valence-electron chi connectivity index (χ4n) is 1.73. The molecule has 0 spiro atoms. The third-order valence-electron chi connectivity index (χ3n) is 2.58. The summed E-state index contributed by atoms with van der Waals surface area (Å²) in [6, 6.07) is 2.07. The van der Waals surface area contributed by atoms with Gasteiger partial charge in [-0.1, -0.05) is 23.2 Å². The van der Waals surface area contributed by atoms with Crippen molar-refractivity contribution in [3.8, 4) is 0 Å². The van der Waals surface area contributed by atoms with Crippen molar-refractivity contribution in [3.05, 3.63) is 16.4 Å². The number of rotatable bonds is 4. The molecule has 16 heavy (non-hydrogen) atoms. The highest BCUT2D eigenvalue weighted by atomic mass is 35.5. The summed E-state index contributed by atoms with van der Waals surface area (Å²) in [4.78, 5) is 0. The summed E-state index contributed by atoms with van der Waals surface area (Å²) < 4.78 is 5.47. The molecule has 6 heteroatoms. The molecule has 1 aromatic rings. The molecule has 1 aliphatic carbocycles. The Morgan fingerprint density at radius 3 is 2.88 bits per heavy atom. The lowest BCUT2D eigenvalue weighted by molar-refractivity contribution is 0.00299. The Hall–Kier alpha value is -0.580. The Kier molecular flexibility index (Phi) is 3.84. The lowest BCUT2D eigenvalue weighted by atomic mass is 9.89. The quantitative estimate of drug-likeness (QED) is 0.906. The van der Waals surface area contributed by atoms with Gasteiger partial charge < -0.3 is 10.1 Å². The van der Waals surface area contributed by atoms with E-state index in [1.54, 1.807) is 6.07 Å². The van der Waals surface area contributed by atoms with Gasteiger partial charge >= 0.3 is 0 Å². The molecule has 1 aliphatic rings. The molecule has 0 amide bonds. The molecule has 1 saturated carbocycles. The highest BCUT2D eigenvalue weighted by Crippen LogP contribution is 2.29. The van der Waals surface area contributed by atoms with Gasteiger partial charge in [-0.25, -0.2) is 0 Å². The number of anilines is 1. The first-order chi connectivity index (χ1) is 7.69. The van der Waals surface area contributed by atoms with Gasteiger partial charge in [0.1, 0.15) is 0 Å². The molecule has 0 bridgehead atoms. The molecule has 2 rings (SSSR count). The maximum absolute atomic E-state index is 5.89. The molecule has 0 radical (unpaired) electrons. The van der Waals surface area contributed by atoms with Crippen molar-refractivity contribution >= 4 is 28.9 Å². The van der Waals surface area contributed by atoms with Crippen LogP contribution in [-0.4, -0.2) is 29.0 Å². The minimum absolute atomic E-state index is 0.340. The SMILES string of the molecule is CCOC1CC(Nc2cc(Cl)nnc2Cl)C1. The number of hydrogen-bond donors (Lipinski definition) is 1. The molecule has 1 N–H and O–H groups in total. The summed E-state index contributed by atoms with van der Waals surface area (Å²) in [5.41, 5.74) is 0.738. The van der Waals surface area contributed by atoms with Crippen LogP contribution in [0.5, 0.6) is 0 Å². The molecule has 0 unspecified atom stereocenters. The van der Waals surface area contributed by atoms with Crippen molar-refractivity contribution in [1.82, 2.24) is 10.2 Å². The highest BCUT2D eigenvalue weighted by molar-refractivity contribution is 6.33. The Labute approximate surface area is 104 Å². The van der Waals surface area contributed by atoms with Crippen LogP contribution in [0.15, 0.2) is 6.07 Å². The second kappa shape index (κ2) is 5.17. The second-order valence-corrected chi connectivity index (χ2v) is 4.51. The van der Waals surface area contributed by atoms with Crippen molar-refractivity contribution in [2.45, 2.75) is 31.9 Å². The minimum Gasteiger partial charge on any atom is -0.379 e. The molecule has 1 fully saturated rings. The predicted molar refractivity (Wildman–Crippen MR) is 64.1 cm³/mol. The van der Waals surface area contributed by atoms with Gasteiger partial charge in [0.2, 0.25) is 0 Å². The molecule has 0 aromatic carbocycles. The largest absolute Gasteiger partial charge is 0.379 e. The molecule has 1 heterocycles. The lowest BCUT2D eigenvalue weighted by Crippen LogP contribution is -2.40. The summed E-state index contributed by atoms with van der Waals surface area (Å²) in [6.45, 7) is 2.77. The maximum atomic E-state index is 5.89. The zero-order valence-electron chi connectivity index (χ0n) is 8.91. The van der Waals surface area contributed by atoms with E-state index in [0.29, 0.717) is 22.5 Å². The molecule has 4 nitrogen and oxygen atoms in total. The summed E-state index contributed by atoms with van der Waals surface area (Å²) in [6.07, 6.45) is 2.35. The number of nitrogens with one attached hydrogen (secondary N) is 1. The Balaban J connectivity index is 1.89. The zero-order valence-corrected chi connectivity index (χ0v) is 10.4. The second-order valence-electron chi connectivity index (χ2n) is 3.76. The third kappa shape index (κ3) is 2.75. The number of aromatic nitrogens is 2. The van der Waals surface area contributed by atoms with Crippen LogP contribution >= 0.6 is 23.2 Å². The van der Waals surface area contributed by atoms with Crippen LogP contribution in [0.25, 0.3) is 0 Å². The summed E-state index contributed by atoms with van der Waals surface area (Å²) in [7, 11) is 0. The minimum atomic E-state index is 0.340. The zero-order chi connectivity index (χ0) is 11.5. The summed E-state index contributed by atoms with van der Waals surface area (Å²) in [5.74, 6) is 0. The summed E-state index contributed by atoms with van der Waals surface area (Å²) in [5, 5.41) is 11.4. The van der Waals surface area contributed by atoms with Crippen molar-refractivity contribution in [2.75, 3.05) is 11.9 Å². The van der Waals surface area contributed by atoms with Crippen molar-refractivity contribution < 1.29 is 4.74 Å². The first-order valence-electron chi connectivity index (χ1n) is 5.26. The number of hydrogen-bond acceptors (Lipinski definition) is 4. The van der Waals surface area contributed by atoms with E-state index in [0.717, 1.165) is 25.1 Å². The summed E-state index contributed by atoms with van der Waals surface area (Å²) >= 11 is 11.6. The average molecular weight is 262 g/mol. The van der Waals surface area contributed by atoms with Gasteiger partial charge in [-0.15, -0.1) is 10.2 Å². The topological polar surface area (TPSA) is 47.0 Å². The van der Waals surface area contributed by atoms with Crippen LogP contribution in [0.3, 0.4) is 0 Å². The van der Waals surface area contributed by atoms with Gasteiger partial charge in [0.05, 0.1) is 11.8 Å². The van der Waals surface area contributed by atoms with E-state index in [1.807, 2.05) is 6.92 Å². The highest BCUT2D eigenvalue weighted by Gasteiger charge is 2.29. The third-order valence-corrected chi connectivity index (χ3v) is 3.04. The van der Waals surface area contributed by atoms with Crippen molar-refractivity contribution in [1.29, 1.82) is 0 Å².